The van der Waals surface area contributed by atoms with Gasteiger partial charge in [0.15, 0.2) is 0 Å². The zero-order valence-corrected chi connectivity index (χ0v) is 9.87. The standard InChI is InChI=1S/C9H13BrN2O2/c1-7-11-8(10)6-9(12-7)14-5-3-4-13-2/h6H,3-5H2,1-2H3. The fourth-order valence-corrected chi connectivity index (χ4v) is 1.41. The lowest BCUT2D eigenvalue weighted by atomic mass is 10.5. The summed E-state index contributed by atoms with van der Waals surface area (Å²) in [6, 6.07) is 1.75. The summed E-state index contributed by atoms with van der Waals surface area (Å²) >= 11 is 3.28. The van der Waals surface area contributed by atoms with Gasteiger partial charge in [0.1, 0.15) is 10.4 Å². The van der Waals surface area contributed by atoms with Crippen LogP contribution in [0.3, 0.4) is 0 Å². The van der Waals surface area contributed by atoms with Crippen molar-refractivity contribution in [3.63, 3.8) is 0 Å². The van der Waals surface area contributed by atoms with Gasteiger partial charge in [-0.25, -0.2) is 4.98 Å². The molecule has 1 rings (SSSR count). The Balaban J connectivity index is 2.42. The number of ether oxygens (including phenoxy) is 2. The first-order valence-electron chi connectivity index (χ1n) is 4.35. The second kappa shape index (κ2) is 5.93. The van der Waals surface area contributed by atoms with Crippen molar-refractivity contribution in [3.8, 4) is 5.88 Å². The highest BCUT2D eigenvalue weighted by Gasteiger charge is 1.99. The van der Waals surface area contributed by atoms with E-state index in [-0.39, 0.29) is 0 Å². The monoisotopic (exact) mass is 260 g/mol. The Morgan fingerprint density at radius 2 is 2.14 bits per heavy atom. The van der Waals surface area contributed by atoms with Crippen molar-refractivity contribution in [1.29, 1.82) is 0 Å². The molecule has 0 aliphatic carbocycles. The molecule has 78 valence electrons. The molecule has 0 N–H and O–H groups in total. The van der Waals surface area contributed by atoms with Gasteiger partial charge >= 0.3 is 0 Å². The Kier molecular flexibility index (Phi) is 4.82. The molecule has 0 unspecified atom stereocenters. The lowest BCUT2D eigenvalue weighted by Gasteiger charge is -2.05. The third-order valence-corrected chi connectivity index (χ3v) is 1.93. The Labute approximate surface area is 91.8 Å². The smallest absolute Gasteiger partial charge is 0.217 e. The quantitative estimate of drug-likeness (QED) is 0.600. The van der Waals surface area contributed by atoms with Gasteiger partial charge in [0, 0.05) is 26.2 Å². The van der Waals surface area contributed by atoms with Gasteiger partial charge in [0.05, 0.1) is 6.61 Å². The molecule has 1 aromatic rings. The number of methoxy groups -OCH3 is 1. The van der Waals surface area contributed by atoms with Crippen LogP contribution in [-0.4, -0.2) is 30.3 Å². The molecule has 0 atom stereocenters. The summed E-state index contributed by atoms with van der Waals surface area (Å²) in [5.74, 6) is 1.29. The Bertz CT molecular complexity index is 274. The first-order valence-corrected chi connectivity index (χ1v) is 5.14. The number of hydrogen-bond donors (Lipinski definition) is 0. The molecule has 0 saturated heterocycles. The van der Waals surface area contributed by atoms with Crippen LogP contribution in [0.4, 0.5) is 0 Å². The summed E-state index contributed by atoms with van der Waals surface area (Å²) in [6.45, 7) is 3.13. The number of nitrogens with zero attached hydrogens (tertiary/aromatic N) is 2. The van der Waals surface area contributed by atoms with Crippen LogP contribution in [-0.2, 0) is 4.74 Å². The van der Waals surface area contributed by atoms with Crippen molar-refractivity contribution in [3.05, 3.63) is 16.5 Å². The third-order valence-electron chi connectivity index (χ3n) is 1.53. The zero-order valence-electron chi connectivity index (χ0n) is 8.29. The third kappa shape index (κ3) is 4.02. The average molecular weight is 261 g/mol. The van der Waals surface area contributed by atoms with Crippen LogP contribution in [0, 0.1) is 6.92 Å². The SMILES string of the molecule is COCCCOc1cc(Br)nc(C)n1. The fourth-order valence-electron chi connectivity index (χ4n) is 0.959. The summed E-state index contributed by atoms with van der Waals surface area (Å²) in [5, 5.41) is 0. The molecule has 0 bridgehead atoms. The van der Waals surface area contributed by atoms with Gasteiger partial charge in [-0.05, 0) is 22.9 Å². The van der Waals surface area contributed by atoms with Gasteiger partial charge < -0.3 is 9.47 Å². The molecule has 4 nitrogen and oxygen atoms in total. The maximum atomic E-state index is 5.41. The van der Waals surface area contributed by atoms with Crippen LogP contribution < -0.4 is 4.74 Å². The number of halogens is 1. The van der Waals surface area contributed by atoms with E-state index in [1.54, 1.807) is 13.2 Å². The molecule has 0 aliphatic rings. The first kappa shape index (κ1) is 11.4. The van der Waals surface area contributed by atoms with E-state index < -0.39 is 0 Å². The molecule has 1 aromatic heterocycles. The van der Waals surface area contributed by atoms with Gasteiger partial charge in [-0.3, -0.25) is 0 Å². The minimum absolute atomic E-state index is 0.598. The van der Waals surface area contributed by atoms with Gasteiger partial charge in [-0.2, -0.15) is 4.98 Å². The molecule has 0 aliphatic heterocycles. The molecule has 0 radical (unpaired) electrons. The molecular weight excluding hydrogens is 248 g/mol. The molecular formula is C9H13BrN2O2. The van der Waals surface area contributed by atoms with E-state index in [1.807, 2.05) is 6.92 Å². The predicted octanol–water partition coefficient (Wildman–Crippen LogP) is 1.96. The highest BCUT2D eigenvalue weighted by Crippen LogP contribution is 2.13. The molecule has 0 fully saturated rings. The Hall–Kier alpha value is -0.680. The summed E-state index contributed by atoms with van der Waals surface area (Å²) in [5.41, 5.74) is 0. The largest absolute Gasteiger partial charge is 0.477 e. The number of rotatable bonds is 5. The lowest BCUT2D eigenvalue weighted by molar-refractivity contribution is 0.170. The molecule has 1 heterocycles. The van der Waals surface area contributed by atoms with Crippen LogP contribution in [0.25, 0.3) is 0 Å². The molecule has 0 amide bonds. The van der Waals surface area contributed by atoms with E-state index in [1.165, 1.54) is 0 Å². The predicted molar refractivity (Wildman–Crippen MR) is 56.5 cm³/mol. The van der Waals surface area contributed by atoms with Crippen LogP contribution in [0.5, 0.6) is 5.88 Å². The van der Waals surface area contributed by atoms with Crippen molar-refractivity contribution in [2.24, 2.45) is 0 Å². The van der Waals surface area contributed by atoms with Crippen molar-refractivity contribution in [2.45, 2.75) is 13.3 Å². The highest BCUT2D eigenvalue weighted by molar-refractivity contribution is 9.10. The first-order chi connectivity index (χ1) is 6.72. The van der Waals surface area contributed by atoms with E-state index in [9.17, 15) is 0 Å². The number of hydrogen-bond acceptors (Lipinski definition) is 4. The van der Waals surface area contributed by atoms with Crippen molar-refractivity contribution >= 4 is 15.9 Å². The average Bonchev–Trinajstić information content (AvgIpc) is 2.11. The van der Waals surface area contributed by atoms with Crippen LogP contribution >= 0.6 is 15.9 Å². The maximum absolute atomic E-state index is 5.41. The summed E-state index contributed by atoms with van der Waals surface area (Å²) in [4.78, 5) is 8.21. The molecule has 0 spiro atoms. The van der Waals surface area contributed by atoms with E-state index in [0.29, 0.717) is 24.9 Å². The Morgan fingerprint density at radius 3 is 2.79 bits per heavy atom. The molecule has 14 heavy (non-hydrogen) atoms. The van der Waals surface area contributed by atoms with Crippen molar-refractivity contribution < 1.29 is 9.47 Å². The summed E-state index contributed by atoms with van der Waals surface area (Å²) in [7, 11) is 1.67. The fraction of sp³-hybridized carbons (Fsp3) is 0.556. The molecule has 5 heteroatoms. The molecule has 0 saturated carbocycles. The van der Waals surface area contributed by atoms with E-state index in [4.69, 9.17) is 9.47 Å². The summed E-state index contributed by atoms with van der Waals surface area (Å²) in [6.07, 6.45) is 0.858. The normalized spacial score (nSPS) is 10.2. The minimum atomic E-state index is 0.598. The highest BCUT2D eigenvalue weighted by atomic mass is 79.9. The van der Waals surface area contributed by atoms with E-state index in [0.717, 1.165) is 11.0 Å². The van der Waals surface area contributed by atoms with Gasteiger partial charge in [0.25, 0.3) is 0 Å². The lowest BCUT2D eigenvalue weighted by Crippen LogP contribution is -2.03. The van der Waals surface area contributed by atoms with E-state index in [2.05, 4.69) is 25.9 Å². The van der Waals surface area contributed by atoms with Crippen molar-refractivity contribution in [2.75, 3.05) is 20.3 Å². The second-order valence-electron chi connectivity index (χ2n) is 2.77. The molecule has 0 aromatic carbocycles. The van der Waals surface area contributed by atoms with Crippen molar-refractivity contribution in [1.82, 2.24) is 9.97 Å². The minimum Gasteiger partial charge on any atom is -0.477 e. The zero-order chi connectivity index (χ0) is 10.4. The van der Waals surface area contributed by atoms with Crippen LogP contribution in [0.15, 0.2) is 10.7 Å². The van der Waals surface area contributed by atoms with Crippen LogP contribution in [0.1, 0.15) is 12.2 Å². The Morgan fingerprint density at radius 1 is 1.36 bits per heavy atom. The summed E-state index contributed by atoms with van der Waals surface area (Å²) < 4.78 is 11.1. The van der Waals surface area contributed by atoms with E-state index >= 15 is 0 Å². The second-order valence-corrected chi connectivity index (χ2v) is 3.58. The van der Waals surface area contributed by atoms with Gasteiger partial charge in [0.2, 0.25) is 5.88 Å². The van der Waals surface area contributed by atoms with Crippen LogP contribution in [0.2, 0.25) is 0 Å². The topological polar surface area (TPSA) is 44.2 Å². The number of aryl methyl sites for hydroxylation is 1. The maximum Gasteiger partial charge on any atom is 0.217 e. The van der Waals surface area contributed by atoms with Gasteiger partial charge in [-0.1, -0.05) is 0 Å². The van der Waals surface area contributed by atoms with Gasteiger partial charge in [-0.15, -0.1) is 0 Å². The number of aromatic nitrogens is 2.